The van der Waals surface area contributed by atoms with Crippen LogP contribution >= 0.6 is 0 Å². The summed E-state index contributed by atoms with van der Waals surface area (Å²) in [5.74, 6) is 0.999. The Kier molecular flexibility index (Phi) is 6.25. The van der Waals surface area contributed by atoms with E-state index in [1.807, 2.05) is 18.2 Å². The molecule has 0 aliphatic heterocycles. The highest BCUT2D eigenvalue weighted by atomic mass is 16.6. The Morgan fingerprint density at radius 2 is 1.59 bits per heavy atom. The van der Waals surface area contributed by atoms with Crippen LogP contribution in [0, 0.1) is 16.0 Å². The van der Waals surface area contributed by atoms with Gasteiger partial charge >= 0.3 is 5.69 Å². The number of aromatic amines is 3. The number of aryl methyl sites for hydroxylation is 2. The van der Waals surface area contributed by atoms with Crippen LogP contribution in [0.5, 0.6) is 0 Å². The van der Waals surface area contributed by atoms with Crippen molar-refractivity contribution in [3.63, 3.8) is 0 Å². The van der Waals surface area contributed by atoms with E-state index in [4.69, 9.17) is 0 Å². The number of nitro benzene ring substituents is 1. The number of aromatic nitrogens is 4. The average molecular weight is 433 g/mol. The van der Waals surface area contributed by atoms with Gasteiger partial charge in [0, 0.05) is 18.6 Å². The topological polar surface area (TPSA) is 138 Å². The van der Waals surface area contributed by atoms with Gasteiger partial charge in [-0.15, -0.1) is 0 Å². The molecule has 0 saturated carbocycles. The van der Waals surface area contributed by atoms with Gasteiger partial charge in [-0.3, -0.25) is 24.9 Å². The predicted molar refractivity (Wildman–Crippen MR) is 121 cm³/mol. The summed E-state index contributed by atoms with van der Waals surface area (Å²) in [6.45, 7) is 0. The molecule has 0 aliphatic carbocycles. The SMILES string of the molecule is O=c1[nH]c(=O)c2[nH]c(CCC(CCc3ccc([N+](=O)[O-])cc3)Cc3ccccc3)nc2[nH]1. The Hall–Kier alpha value is -4.01. The van der Waals surface area contributed by atoms with E-state index in [-0.39, 0.29) is 16.9 Å². The van der Waals surface area contributed by atoms with Crippen molar-refractivity contribution in [1.82, 2.24) is 19.9 Å². The molecule has 2 heterocycles. The van der Waals surface area contributed by atoms with Crippen LogP contribution in [0.4, 0.5) is 5.69 Å². The molecule has 32 heavy (non-hydrogen) atoms. The lowest BCUT2D eigenvalue weighted by Gasteiger charge is -2.17. The number of non-ortho nitro benzene ring substituents is 1. The summed E-state index contributed by atoms with van der Waals surface area (Å²) in [7, 11) is 0. The Morgan fingerprint density at radius 3 is 2.31 bits per heavy atom. The van der Waals surface area contributed by atoms with Gasteiger partial charge in [-0.1, -0.05) is 42.5 Å². The molecule has 9 nitrogen and oxygen atoms in total. The van der Waals surface area contributed by atoms with Gasteiger partial charge in [0.2, 0.25) is 0 Å². The Bertz CT molecular complexity index is 1320. The fourth-order valence-electron chi connectivity index (χ4n) is 3.89. The fourth-order valence-corrected chi connectivity index (χ4v) is 3.89. The molecule has 0 bridgehead atoms. The van der Waals surface area contributed by atoms with E-state index in [1.54, 1.807) is 12.1 Å². The third-order valence-electron chi connectivity index (χ3n) is 5.58. The number of imidazole rings is 1. The van der Waals surface area contributed by atoms with E-state index in [1.165, 1.54) is 17.7 Å². The van der Waals surface area contributed by atoms with E-state index in [0.717, 1.165) is 31.2 Å². The number of nitro groups is 1. The summed E-state index contributed by atoms with van der Waals surface area (Å²) in [5, 5.41) is 10.9. The molecule has 9 heteroatoms. The molecular formula is C23H23N5O4. The number of fused-ring (bicyclic) bond motifs is 1. The van der Waals surface area contributed by atoms with Crippen LogP contribution < -0.4 is 11.2 Å². The smallest absolute Gasteiger partial charge is 0.327 e. The quantitative estimate of drug-likeness (QED) is 0.275. The van der Waals surface area contributed by atoms with E-state index < -0.39 is 16.2 Å². The van der Waals surface area contributed by atoms with Crippen molar-refractivity contribution in [1.29, 1.82) is 0 Å². The fraction of sp³-hybridized carbons (Fsp3) is 0.261. The lowest BCUT2D eigenvalue weighted by atomic mass is 9.89. The summed E-state index contributed by atoms with van der Waals surface area (Å²) in [6, 6.07) is 16.9. The van der Waals surface area contributed by atoms with Crippen molar-refractivity contribution in [3.05, 3.63) is 103 Å². The monoisotopic (exact) mass is 433 g/mol. The van der Waals surface area contributed by atoms with Gasteiger partial charge in [0.1, 0.15) is 11.3 Å². The number of benzene rings is 2. The first-order chi connectivity index (χ1) is 15.5. The lowest BCUT2D eigenvalue weighted by Crippen LogP contribution is -2.21. The molecule has 164 valence electrons. The first kappa shape index (κ1) is 21.2. The molecule has 4 rings (SSSR count). The van der Waals surface area contributed by atoms with Crippen LogP contribution in [0.3, 0.4) is 0 Å². The number of nitrogens with zero attached hydrogens (tertiary/aromatic N) is 2. The number of hydrogen-bond donors (Lipinski definition) is 3. The van der Waals surface area contributed by atoms with Crippen molar-refractivity contribution in [2.45, 2.75) is 32.1 Å². The molecule has 4 aromatic rings. The van der Waals surface area contributed by atoms with Crippen LogP contribution in [0.1, 0.15) is 29.8 Å². The van der Waals surface area contributed by atoms with E-state index in [0.29, 0.717) is 18.2 Å². The second-order valence-electron chi connectivity index (χ2n) is 7.87. The molecule has 1 atom stereocenters. The summed E-state index contributed by atoms with van der Waals surface area (Å²) in [5.41, 5.74) is 1.86. The van der Waals surface area contributed by atoms with Crippen LogP contribution in [-0.4, -0.2) is 24.9 Å². The van der Waals surface area contributed by atoms with Gasteiger partial charge in [-0.2, -0.15) is 0 Å². The van der Waals surface area contributed by atoms with Crippen molar-refractivity contribution >= 4 is 16.9 Å². The normalized spacial score (nSPS) is 12.1. The van der Waals surface area contributed by atoms with Crippen molar-refractivity contribution in [2.24, 2.45) is 5.92 Å². The first-order valence-electron chi connectivity index (χ1n) is 10.5. The van der Waals surface area contributed by atoms with Crippen LogP contribution in [0.2, 0.25) is 0 Å². The summed E-state index contributed by atoms with van der Waals surface area (Å²) in [6.07, 6.45) is 4.08. The lowest BCUT2D eigenvalue weighted by molar-refractivity contribution is -0.384. The van der Waals surface area contributed by atoms with Gasteiger partial charge < -0.3 is 4.98 Å². The predicted octanol–water partition coefficient (Wildman–Crippen LogP) is 3.27. The number of rotatable bonds is 9. The van der Waals surface area contributed by atoms with Gasteiger partial charge in [0.25, 0.3) is 11.2 Å². The molecule has 0 amide bonds. The molecule has 3 N–H and O–H groups in total. The standard InChI is InChI=1S/C23H23N5O4/c29-22-20-21(26-23(30)27-22)25-19(24-20)13-10-17(14-16-4-2-1-3-5-16)7-6-15-8-11-18(12-9-15)28(31)32/h1-5,8-9,11-12,17H,6-7,10,13-14H2,(H3,24,25,26,27,29,30). The second-order valence-corrected chi connectivity index (χ2v) is 7.87. The van der Waals surface area contributed by atoms with Gasteiger partial charge in [0.15, 0.2) is 5.65 Å². The number of nitrogens with one attached hydrogen (secondary N) is 3. The van der Waals surface area contributed by atoms with Crippen LogP contribution in [0.25, 0.3) is 11.2 Å². The van der Waals surface area contributed by atoms with E-state index in [2.05, 4.69) is 32.1 Å². The van der Waals surface area contributed by atoms with Gasteiger partial charge in [-0.25, -0.2) is 9.78 Å². The molecular weight excluding hydrogens is 410 g/mol. The van der Waals surface area contributed by atoms with E-state index >= 15 is 0 Å². The molecule has 0 radical (unpaired) electrons. The van der Waals surface area contributed by atoms with Gasteiger partial charge in [-0.05, 0) is 42.7 Å². The highest BCUT2D eigenvalue weighted by Crippen LogP contribution is 2.22. The highest BCUT2D eigenvalue weighted by molar-refractivity contribution is 5.68. The minimum absolute atomic E-state index is 0.0903. The minimum atomic E-state index is -0.578. The zero-order valence-electron chi connectivity index (χ0n) is 17.3. The third kappa shape index (κ3) is 5.18. The molecule has 2 aromatic heterocycles. The van der Waals surface area contributed by atoms with Crippen molar-refractivity contribution < 1.29 is 4.92 Å². The maximum atomic E-state index is 11.9. The molecule has 0 saturated heterocycles. The summed E-state index contributed by atoms with van der Waals surface area (Å²) >= 11 is 0. The number of H-pyrrole nitrogens is 3. The van der Waals surface area contributed by atoms with Crippen molar-refractivity contribution in [3.8, 4) is 0 Å². The minimum Gasteiger partial charge on any atom is -0.336 e. The van der Waals surface area contributed by atoms with Crippen molar-refractivity contribution in [2.75, 3.05) is 0 Å². The van der Waals surface area contributed by atoms with E-state index in [9.17, 15) is 19.7 Å². The maximum Gasteiger partial charge on any atom is 0.327 e. The largest absolute Gasteiger partial charge is 0.336 e. The van der Waals surface area contributed by atoms with Crippen LogP contribution in [0.15, 0.2) is 64.2 Å². The summed E-state index contributed by atoms with van der Waals surface area (Å²) in [4.78, 5) is 46.0. The third-order valence-corrected chi connectivity index (χ3v) is 5.58. The molecule has 0 aliphatic rings. The maximum absolute atomic E-state index is 11.9. The Labute approximate surface area is 182 Å². The second kappa shape index (κ2) is 9.42. The zero-order chi connectivity index (χ0) is 22.5. The molecule has 0 fully saturated rings. The Morgan fingerprint density at radius 1 is 0.875 bits per heavy atom. The zero-order valence-corrected chi connectivity index (χ0v) is 17.3. The van der Waals surface area contributed by atoms with Gasteiger partial charge in [0.05, 0.1) is 4.92 Å². The number of hydrogen-bond acceptors (Lipinski definition) is 5. The highest BCUT2D eigenvalue weighted by Gasteiger charge is 2.14. The molecule has 2 aromatic carbocycles. The first-order valence-corrected chi connectivity index (χ1v) is 10.5. The summed E-state index contributed by atoms with van der Waals surface area (Å²) < 4.78 is 0. The molecule has 1 unspecified atom stereocenters. The molecule has 0 spiro atoms. The average Bonchev–Trinajstić information content (AvgIpc) is 3.20. The van der Waals surface area contributed by atoms with Crippen LogP contribution in [-0.2, 0) is 19.3 Å². The Balaban J connectivity index is 1.46.